The van der Waals surface area contributed by atoms with Gasteiger partial charge in [0.25, 0.3) is 0 Å². The molecule has 0 saturated carbocycles. The molecule has 4 rings (SSSR count). The Morgan fingerprint density at radius 3 is 2.59 bits per heavy atom. The summed E-state index contributed by atoms with van der Waals surface area (Å²) >= 11 is 0. The number of nitrogens with zero attached hydrogens (tertiary/aromatic N) is 1. The van der Waals surface area contributed by atoms with Crippen molar-refractivity contribution in [1.82, 2.24) is 9.97 Å². The van der Waals surface area contributed by atoms with Crippen LogP contribution in [0.25, 0.3) is 17.5 Å². The number of benzene rings is 1. The second kappa shape index (κ2) is 7.54. The molecule has 0 radical (unpaired) electrons. The van der Waals surface area contributed by atoms with Gasteiger partial charge in [-0.15, -0.1) is 0 Å². The van der Waals surface area contributed by atoms with E-state index in [4.69, 9.17) is 9.73 Å². The number of nitrogens with one attached hydrogen (secondary N) is 2. The summed E-state index contributed by atoms with van der Waals surface area (Å²) in [5.74, 6) is 1.23. The van der Waals surface area contributed by atoms with Crippen LogP contribution in [-0.4, -0.2) is 15.7 Å². The monoisotopic (exact) mass is 357 g/mol. The number of aliphatic imine (C=N–C) groups is 1. The average Bonchev–Trinajstić information content (AvgIpc) is 3.42. The maximum absolute atomic E-state index is 6.12. The predicted octanol–water partition coefficient (Wildman–Crippen LogP) is 5.60. The minimum atomic E-state index is 0.416. The van der Waals surface area contributed by atoms with Crippen LogP contribution in [0.4, 0.5) is 0 Å². The van der Waals surface area contributed by atoms with Gasteiger partial charge in [0.2, 0.25) is 0 Å². The Kier molecular flexibility index (Phi) is 4.79. The van der Waals surface area contributed by atoms with Gasteiger partial charge in [-0.1, -0.05) is 44.2 Å². The molecular weight excluding hydrogens is 334 g/mol. The van der Waals surface area contributed by atoms with Crippen molar-refractivity contribution in [2.75, 3.05) is 0 Å². The molecule has 0 aliphatic carbocycles. The lowest BCUT2D eigenvalue weighted by Crippen LogP contribution is -2.00. The average molecular weight is 357 g/mol. The Balaban J connectivity index is 1.64. The summed E-state index contributed by atoms with van der Waals surface area (Å²) in [7, 11) is 0. The van der Waals surface area contributed by atoms with E-state index < -0.39 is 0 Å². The Labute approximate surface area is 159 Å². The summed E-state index contributed by atoms with van der Waals surface area (Å²) in [4.78, 5) is 11.4. The largest absolute Gasteiger partial charge is 0.487 e. The maximum atomic E-state index is 6.12. The van der Waals surface area contributed by atoms with Crippen LogP contribution < -0.4 is 4.74 Å². The minimum Gasteiger partial charge on any atom is -0.487 e. The van der Waals surface area contributed by atoms with Gasteiger partial charge in [-0.2, -0.15) is 0 Å². The van der Waals surface area contributed by atoms with Gasteiger partial charge in [-0.3, -0.25) is 4.99 Å². The zero-order valence-corrected chi connectivity index (χ0v) is 15.6. The number of aromatic nitrogens is 2. The van der Waals surface area contributed by atoms with Crippen LogP contribution in [0.3, 0.4) is 0 Å². The number of hydrogen-bond acceptors (Lipinski definition) is 2. The van der Waals surface area contributed by atoms with Gasteiger partial charge < -0.3 is 14.7 Å². The van der Waals surface area contributed by atoms with Crippen LogP contribution in [-0.2, 0) is 6.61 Å². The quantitative estimate of drug-likeness (QED) is 0.593. The lowest BCUT2D eigenvalue weighted by atomic mass is 10.1. The second-order valence-corrected chi connectivity index (χ2v) is 6.91. The number of rotatable bonds is 6. The van der Waals surface area contributed by atoms with E-state index in [1.165, 1.54) is 0 Å². The van der Waals surface area contributed by atoms with Crippen LogP contribution >= 0.6 is 0 Å². The molecule has 27 heavy (non-hydrogen) atoms. The number of allylic oxidation sites excluding steroid dienone is 2. The van der Waals surface area contributed by atoms with Crippen LogP contribution in [0.5, 0.6) is 5.75 Å². The van der Waals surface area contributed by atoms with Crippen LogP contribution in [0, 0.1) is 5.92 Å². The molecule has 0 fully saturated rings. The molecule has 3 aromatic rings. The van der Waals surface area contributed by atoms with Gasteiger partial charge in [-0.05, 0) is 41.8 Å². The van der Waals surface area contributed by atoms with Crippen molar-refractivity contribution in [3.8, 4) is 17.1 Å². The molecule has 4 nitrogen and oxygen atoms in total. The highest BCUT2D eigenvalue weighted by molar-refractivity contribution is 6.00. The summed E-state index contributed by atoms with van der Waals surface area (Å²) in [6, 6.07) is 16.2. The van der Waals surface area contributed by atoms with E-state index in [0.29, 0.717) is 12.5 Å². The molecule has 0 bridgehead atoms. The molecule has 4 heteroatoms. The summed E-state index contributed by atoms with van der Waals surface area (Å²) in [5, 5.41) is 0. The van der Waals surface area contributed by atoms with Crippen molar-refractivity contribution < 1.29 is 4.74 Å². The Morgan fingerprint density at radius 1 is 1.04 bits per heavy atom. The van der Waals surface area contributed by atoms with E-state index in [2.05, 4.69) is 42.0 Å². The summed E-state index contributed by atoms with van der Waals surface area (Å²) in [5.41, 5.74) is 6.11. The topological polar surface area (TPSA) is 53.2 Å². The molecule has 1 aliphatic rings. The zero-order chi connectivity index (χ0) is 18.6. The first-order valence-electron chi connectivity index (χ1n) is 9.21. The Hall–Kier alpha value is -3.27. The van der Waals surface area contributed by atoms with Crippen molar-refractivity contribution in [3.05, 3.63) is 83.8 Å². The van der Waals surface area contributed by atoms with E-state index in [0.717, 1.165) is 39.8 Å². The summed E-state index contributed by atoms with van der Waals surface area (Å²) < 4.78 is 6.12. The van der Waals surface area contributed by atoms with E-state index in [9.17, 15) is 0 Å². The highest BCUT2D eigenvalue weighted by Crippen LogP contribution is 2.30. The molecule has 1 aromatic carbocycles. The SMILES string of the molecule is CC(C)C1=N/C(=C/c2[nH]c(-c3ccc[nH]3)cc2OCc2ccccc2)C=C1. The zero-order valence-electron chi connectivity index (χ0n) is 15.6. The molecule has 1 aliphatic heterocycles. The molecule has 0 unspecified atom stereocenters. The Bertz CT molecular complexity index is 990. The third-order valence-electron chi connectivity index (χ3n) is 4.50. The first-order chi connectivity index (χ1) is 13.2. The second-order valence-electron chi connectivity index (χ2n) is 6.91. The molecule has 3 heterocycles. The van der Waals surface area contributed by atoms with Gasteiger partial charge in [0.15, 0.2) is 0 Å². The van der Waals surface area contributed by atoms with Crippen LogP contribution in [0.1, 0.15) is 25.1 Å². The molecule has 136 valence electrons. The number of H-pyrrole nitrogens is 2. The van der Waals surface area contributed by atoms with E-state index in [1.807, 2.05) is 54.7 Å². The minimum absolute atomic E-state index is 0.416. The van der Waals surface area contributed by atoms with E-state index in [1.54, 1.807) is 0 Å². The van der Waals surface area contributed by atoms with Crippen molar-refractivity contribution in [2.45, 2.75) is 20.5 Å². The normalized spacial score (nSPS) is 14.9. The molecule has 2 aromatic heterocycles. The standard InChI is InChI=1S/C23H23N3O/c1-16(2)19-11-10-18(25-19)13-22-23(27-15-17-7-4-3-5-8-17)14-21(26-22)20-9-6-12-24-20/h3-14,16,24,26H,15H2,1-2H3/b18-13+. The lowest BCUT2D eigenvalue weighted by molar-refractivity contribution is 0.306. The van der Waals surface area contributed by atoms with Gasteiger partial charge >= 0.3 is 0 Å². The molecule has 0 atom stereocenters. The molecular formula is C23H23N3O. The highest BCUT2D eigenvalue weighted by Gasteiger charge is 2.13. The van der Waals surface area contributed by atoms with Crippen molar-refractivity contribution in [1.29, 1.82) is 0 Å². The molecule has 2 N–H and O–H groups in total. The summed E-state index contributed by atoms with van der Waals surface area (Å²) in [6.45, 7) is 4.83. The summed E-state index contributed by atoms with van der Waals surface area (Å²) in [6.07, 6.45) is 8.08. The number of hydrogen-bond donors (Lipinski definition) is 2. The van der Waals surface area contributed by atoms with E-state index >= 15 is 0 Å². The van der Waals surface area contributed by atoms with Crippen molar-refractivity contribution in [2.24, 2.45) is 10.9 Å². The molecule has 0 saturated heterocycles. The smallest absolute Gasteiger partial charge is 0.145 e. The van der Waals surface area contributed by atoms with Crippen LogP contribution in [0.15, 0.2) is 77.6 Å². The predicted molar refractivity (Wildman–Crippen MR) is 111 cm³/mol. The van der Waals surface area contributed by atoms with E-state index in [-0.39, 0.29) is 0 Å². The van der Waals surface area contributed by atoms with Crippen molar-refractivity contribution in [3.63, 3.8) is 0 Å². The first kappa shape index (κ1) is 17.2. The van der Waals surface area contributed by atoms with Gasteiger partial charge in [0.05, 0.1) is 22.8 Å². The Morgan fingerprint density at radius 2 is 1.89 bits per heavy atom. The molecule has 0 spiro atoms. The fourth-order valence-electron chi connectivity index (χ4n) is 3.00. The number of ether oxygens (including phenoxy) is 1. The third kappa shape index (κ3) is 3.95. The highest BCUT2D eigenvalue weighted by atomic mass is 16.5. The maximum Gasteiger partial charge on any atom is 0.145 e. The van der Waals surface area contributed by atoms with Gasteiger partial charge in [-0.25, -0.2) is 0 Å². The first-order valence-corrected chi connectivity index (χ1v) is 9.21. The fraction of sp³-hybridized carbons (Fsp3) is 0.174. The van der Waals surface area contributed by atoms with Crippen molar-refractivity contribution >= 4 is 11.8 Å². The third-order valence-corrected chi connectivity index (χ3v) is 4.50. The van der Waals surface area contributed by atoms with Crippen LogP contribution in [0.2, 0.25) is 0 Å². The molecule has 0 amide bonds. The fourth-order valence-corrected chi connectivity index (χ4v) is 3.00. The lowest BCUT2D eigenvalue weighted by Gasteiger charge is -2.05. The number of aromatic amines is 2. The van der Waals surface area contributed by atoms with Gasteiger partial charge in [0.1, 0.15) is 12.4 Å². The van der Waals surface area contributed by atoms with Gasteiger partial charge in [0, 0.05) is 18.0 Å².